The molecular formula is C11H16ClN5. The van der Waals surface area contributed by atoms with Crippen LogP contribution in [-0.4, -0.2) is 19.6 Å². The zero-order valence-corrected chi connectivity index (χ0v) is 11.2. The van der Waals surface area contributed by atoms with Crippen LogP contribution in [0.1, 0.15) is 17.0 Å². The molecule has 0 unspecified atom stereocenters. The summed E-state index contributed by atoms with van der Waals surface area (Å²) in [6.45, 7) is 4.59. The number of rotatable bonds is 3. The van der Waals surface area contributed by atoms with Gasteiger partial charge in [-0.25, -0.2) is 0 Å². The first-order valence-electron chi connectivity index (χ1n) is 5.41. The molecule has 17 heavy (non-hydrogen) atoms. The highest BCUT2D eigenvalue weighted by molar-refractivity contribution is 6.30. The van der Waals surface area contributed by atoms with E-state index in [1.807, 2.05) is 34.1 Å². The predicted octanol–water partition coefficient (Wildman–Crippen LogP) is 2.04. The molecule has 92 valence electrons. The number of hydrogen-bond donors (Lipinski definition) is 1. The number of aryl methyl sites for hydroxylation is 4. The van der Waals surface area contributed by atoms with Crippen molar-refractivity contribution in [2.45, 2.75) is 20.4 Å². The van der Waals surface area contributed by atoms with E-state index in [1.165, 1.54) is 0 Å². The first-order chi connectivity index (χ1) is 7.99. The highest BCUT2D eigenvalue weighted by Gasteiger charge is 2.11. The Balaban J connectivity index is 2.15. The van der Waals surface area contributed by atoms with Crippen molar-refractivity contribution in [3.8, 4) is 0 Å². The maximum absolute atomic E-state index is 6.16. The number of anilines is 1. The van der Waals surface area contributed by atoms with Crippen molar-refractivity contribution in [1.29, 1.82) is 0 Å². The quantitative estimate of drug-likeness (QED) is 0.911. The van der Waals surface area contributed by atoms with Crippen LogP contribution in [0.5, 0.6) is 0 Å². The van der Waals surface area contributed by atoms with Gasteiger partial charge in [0.05, 0.1) is 17.1 Å². The number of nitrogens with one attached hydrogen (secondary N) is 1. The highest BCUT2D eigenvalue weighted by atomic mass is 35.5. The maximum atomic E-state index is 6.16. The van der Waals surface area contributed by atoms with E-state index in [1.54, 1.807) is 9.36 Å². The van der Waals surface area contributed by atoms with Gasteiger partial charge in [-0.1, -0.05) is 11.6 Å². The smallest absolute Gasteiger partial charge is 0.131 e. The Bertz CT molecular complexity index is 540. The second kappa shape index (κ2) is 4.41. The van der Waals surface area contributed by atoms with Gasteiger partial charge < -0.3 is 5.32 Å². The summed E-state index contributed by atoms with van der Waals surface area (Å²) in [6, 6.07) is 0. The zero-order chi connectivity index (χ0) is 12.6. The minimum absolute atomic E-state index is 0.658. The Labute approximate surface area is 105 Å². The van der Waals surface area contributed by atoms with Crippen molar-refractivity contribution in [3.63, 3.8) is 0 Å². The summed E-state index contributed by atoms with van der Waals surface area (Å²) < 4.78 is 3.47. The lowest BCUT2D eigenvalue weighted by atomic mass is 10.2. The third-order valence-corrected chi connectivity index (χ3v) is 3.21. The standard InChI is InChI=1S/C11H16ClN5/c1-7-9(11(12)17(4)15-7)5-13-10-6-16(3)14-8(10)2/h6,13H,5H2,1-4H3. The van der Waals surface area contributed by atoms with Crippen LogP contribution in [0, 0.1) is 13.8 Å². The molecule has 1 N–H and O–H groups in total. The van der Waals surface area contributed by atoms with E-state index in [0.717, 1.165) is 22.6 Å². The fourth-order valence-corrected chi connectivity index (χ4v) is 2.07. The number of hydrogen-bond acceptors (Lipinski definition) is 3. The normalized spacial score (nSPS) is 10.9. The Morgan fingerprint density at radius 2 is 1.94 bits per heavy atom. The molecule has 0 amide bonds. The van der Waals surface area contributed by atoms with Gasteiger partial charge in [-0.3, -0.25) is 9.36 Å². The fraction of sp³-hybridized carbons (Fsp3) is 0.455. The Kier molecular flexibility index (Phi) is 3.11. The predicted molar refractivity (Wildman–Crippen MR) is 68.2 cm³/mol. The van der Waals surface area contributed by atoms with Crippen LogP contribution in [0.4, 0.5) is 5.69 Å². The molecule has 2 rings (SSSR count). The summed E-state index contributed by atoms with van der Waals surface area (Å²) in [5.41, 5.74) is 3.97. The Morgan fingerprint density at radius 3 is 2.41 bits per heavy atom. The summed E-state index contributed by atoms with van der Waals surface area (Å²) in [4.78, 5) is 0. The van der Waals surface area contributed by atoms with Gasteiger partial charge in [0.15, 0.2) is 0 Å². The van der Waals surface area contributed by atoms with Crippen molar-refractivity contribution in [3.05, 3.63) is 28.3 Å². The first kappa shape index (κ1) is 12.0. The summed E-state index contributed by atoms with van der Waals surface area (Å²) in [7, 11) is 3.74. The van der Waals surface area contributed by atoms with Crippen LogP contribution >= 0.6 is 11.6 Å². The lowest BCUT2D eigenvalue weighted by Crippen LogP contribution is -2.01. The molecule has 2 aromatic heterocycles. The second-order valence-electron chi connectivity index (χ2n) is 4.13. The van der Waals surface area contributed by atoms with Crippen molar-refractivity contribution in [1.82, 2.24) is 19.6 Å². The lowest BCUT2D eigenvalue weighted by Gasteiger charge is -2.04. The summed E-state index contributed by atoms with van der Waals surface area (Å²) in [5.74, 6) is 0. The molecule has 5 nitrogen and oxygen atoms in total. The topological polar surface area (TPSA) is 47.7 Å². The van der Waals surface area contributed by atoms with Crippen LogP contribution in [0.25, 0.3) is 0 Å². The summed E-state index contributed by atoms with van der Waals surface area (Å²) in [6.07, 6.45) is 1.95. The molecule has 6 heteroatoms. The Morgan fingerprint density at radius 1 is 1.24 bits per heavy atom. The molecule has 0 saturated carbocycles. The van der Waals surface area contributed by atoms with Crippen LogP contribution in [0.2, 0.25) is 5.15 Å². The summed E-state index contributed by atoms with van der Waals surface area (Å²) >= 11 is 6.16. The molecule has 0 aromatic carbocycles. The molecule has 0 aliphatic heterocycles. The largest absolute Gasteiger partial charge is 0.378 e. The average molecular weight is 254 g/mol. The fourth-order valence-electron chi connectivity index (χ4n) is 1.83. The summed E-state index contributed by atoms with van der Waals surface area (Å²) in [5, 5.41) is 12.5. The third kappa shape index (κ3) is 2.29. The molecule has 0 atom stereocenters. The monoisotopic (exact) mass is 253 g/mol. The van der Waals surface area contributed by atoms with Crippen molar-refractivity contribution < 1.29 is 0 Å². The molecule has 2 heterocycles. The molecule has 0 aliphatic carbocycles. The molecule has 0 bridgehead atoms. The molecule has 0 spiro atoms. The zero-order valence-electron chi connectivity index (χ0n) is 10.5. The van der Waals surface area contributed by atoms with Gasteiger partial charge in [0.1, 0.15) is 5.15 Å². The second-order valence-corrected chi connectivity index (χ2v) is 4.49. The van der Waals surface area contributed by atoms with Gasteiger partial charge >= 0.3 is 0 Å². The van der Waals surface area contributed by atoms with E-state index < -0.39 is 0 Å². The number of aromatic nitrogens is 4. The molecule has 0 aliphatic rings. The maximum Gasteiger partial charge on any atom is 0.131 e. The van der Waals surface area contributed by atoms with E-state index >= 15 is 0 Å². The van der Waals surface area contributed by atoms with Gasteiger partial charge in [0.25, 0.3) is 0 Å². The van der Waals surface area contributed by atoms with E-state index in [0.29, 0.717) is 11.7 Å². The first-order valence-corrected chi connectivity index (χ1v) is 5.79. The van der Waals surface area contributed by atoms with Crippen LogP contribution in [-0.2, 0) is 20.6 Å². The van der Waals surface area contributed by atoms with Crippen molar-refractivity contribution in [2.75, 3.05) is 5.32 Å². The SMILES string of the molecule is Cc1nn(C)cc1NCc1c(C)nn(C)c1Cl. The van der Waals surface area contributed by atoms with E-state index in [2.05, 4.69) is 15.5 Å². The number of nitrogens with zero attached hydrogens (tertiary/aromatic N) is 4. The highest BCUT2D eigenvalue weighted by Crippen LogP contribution is 2.20. The molecule has 0 fully saturated rings. The van der Waals surface area contributed by atoms with Gasteiger partial charge in [-0.2, -0.15) is 10.2 Å². The van der Waals surface area contributed by atoms with Gasteiger partial charge in [0, 0.05) is 32.4 Å². The van der Waals surface area contributed by atoms with E-state index in [9.17, 15) is 0 Å². The number of halogens is 1. The van der Waals surface area contributed by atoms with Crippen LogP contribution < -0.4 is 5.32 Å². The average Bonchev–Trinajstić information content (AvgIpc) is 2.67. The molecule has 0 radical (unpaired) electrons. The van der Waals surface area contributed by atoms with Crippen LogP contribution in [0.3, 0.4) is 0 Å². The third-order valence-electron chi connectivity index (χ3n) is 2.74. The van der Waals surface area contributed by atoms with Crippen LogP contribution in [0.15, 0.2) is 6.20 Å². The lowest BCUT2D eigenvalue weighted by molar-refractivity contribution is 0.756. The minimum atomic E-state index is 0.658. The van der Waals surface area contributed by atoms with Gasteiger partial charge in [0.2, 0.25) is 0 Å². The van der Waals surface area contributed by atoms with Gasteiger partial charge in [-0.05, 0) is 13.8 Å². The Hall–Kier alpha value is -1.49. The molecular weight excluding hydrogens is 238 g/mol. The molecule has 0 saturated heterocycles. The van der Waals surface area contributed by atoms with Crippen molar-refractivity contribution >= 4 is 17.3 Å². The van der Waals surface area contributed by atoms with Gasteiger partial charge in [-0.15, -0.1) is 0 Å². The van der Waals surface area contributed by atoms with E-state index in [4.69, 9.17) is 11.6 Å². The van der Waals surface area contributed by atoms with Crippen molar-refractivity contribution in [2.24, 2.45) is 14.1 Å². The minimum Gasteiger partial charge on any atom is -0.378 e. The molecule has 2 aromatic rings. The van der Waals surface area contributed by atoms with E-state index in [-0.39, 0.29) is 0 Å².